The summed E-state index contributed by atoms with van der Waals surface area (Å²) in [7, 11) is 0. The molecule has 16 heavy (non-hydrogen) atoms. The summed E-state index contributed by atoms with van der Waals surface area (Å²) in [5.41, 5.74) is 0. The highest BCUT2D eigenvalue weighted by Gasteiger charge is 2.06. The van der Waals surface area contributed by atoms with Crippen LogP contribution in [0.5, 0.6) is 0 Å². The second kappa shape index (κ2) is 7.41. The minimum absolute atomic E-state index is 0.222. The molecule has 0 amide bonds. The van der Waals surface area contributed by atoms with Crippen LogP contribution in [0.4, 0.5) is 0 Å². The van der Waals surface area contributed by atoms with E-state index >= 15 is 0 Å². The molecule has 0 spiro atoms. The molecule has 0 aliphatic rings. The second-order valence-electron chi connectivity index (χ2n) is 4.05. The van der Waals surface area contributed by atoms with E-state index < -0.39 is 0 Å². The third-order valence-corrected chi connectivity index (χ3v) is 2.98. The van der Waals surface area contributed by atoms with Crippen molar-refractivity contribution in [3.05, 3.63) is 22.4 Å². The van der Waals surface area contributed by atoms with Crippen molar-refractivity contribution in [2.45, 2.75) is 20.3 Å². The fourth-order valence-corrected chi connectivity index (χ4v) is 1.81. The normalized spacial score (nSPS) is 10.7. The lowest BCUT2D eigenvalue weighted by Crippen LogP contribution is -2.23. The quantitative estimate of drug-likeness (QED) is 0.589. The van der Waals surface area contributed by atoms with Crippen LogP contribution >= 0.6 is 11.3 Å². The summed E-state index contributed by atoms with van der Waals surface area (Å²) in [6.45, 7) is 6.53. The molecule has 90 valence electrons. The molecular formula is C12H19NO2S. The molecule has 0 aliphatic carbocycles. The van der Waals surface area contributed by atoms with Gasteiger partial charge in [0, 0.05) is 6.54 Å². The third kappa shape index (κ3) is 5.28. The molecule has 0 radical (unpaired) electrons. The Morgan fingerprint density at radius 3 is 2.94 bits per heavy atom. The number of carbonyl (C=O) groups excluding carboxylic acids is 1. The van der Waals surface area contributed by atoms with Crippen molar-refractivity contribution in [2.75, 3.05) is 19.7 Å². The van der Waals surface area contributed by atoms with E-state index in [9.17, 15) is 4.79 Å². The van der Waals surface area contributed by atoms with E-state index in [1.165, 1.54) is 11.3 Å². The molecular weight excluding hydrogens is 222 g/mol. The minimum atomic E-state index is -0.222. The van der Waals surface area contributed by atoms with Crippen molar-refractivity contribution < 1.29 is 9.53 Å². The molecule has 0 fully saturated rings. The molecule has 0 saturated carbocycles. The molecule has 3 nitrogen and oxygen atoms in total. The molecule has 0 unspecified atom stereocenters. The molecule has 0 aliphatic heterocycles. The van der Waals surface area contributed by atoms with Crippen molar-refractivity contribution in [1.29, 1.82) is 0 Å². The molecule has 0 atom stereocenters. The highest BCUT2D eigenvalue weighted by atomic mass is 32.1. The number of esters is 1. The summed E-state index contributed by atoms with van der Waals surface area (Å²) < 4.78 is 5.10. The van der Waals surface area contributed by atoms with Gasteiger partial charge in [0.1, 0.15) is 11.5 Å². The van der Waals surface area contributed by atoms with Crippen LogP contribution in [-0.4, -0.2) is 25.7 Å². The van der Waals surface area contributed by atoms with Crippen LogP contribution in [0.2, 0.25) is 0 Å². The maximum Gasteiger partial charge on any atom is 0.348 e. The standard InChI is InChI=1S/C12H19NO2S/c1-10(2)5-6-13-7-8-15-12(14)11-4-3-9-16-11/h3-4,9-10,13H,5-8H2,1-2H3. The van der Waals surface area contributed by atoms with Crippen LogP contribution in [-0.2, 0) is 4.74 Å². The summed E-state index contributed by atoms with van der Waals surface area (Å²) in [5, 5.41) is 5.12. The Hall–Kier alpha value is -0.870. The maximum atomic E-state index is 11.4. The number of nitrogens with one attached hydrogen (secondary N) is 1. The molecule has 0 aromatic carbocycles. The van der Waals surface area contributed by atoms with Crippen LogP contribution in [0, 0.1) is 5.92 Å². The molecule has 1 rings (SSSR count). The lowest BCUT2D eigenvalue weighted by atomic mass is 10.1. The fraction of sp³-hybridized carbons (Fsp3) is 0.583. The zero-order chi connectivity index (χ0) is 11.8. The van der Waals surface area contributed by atoms with Crippen LogP contribution in [0.25, 0.3) is 0 Å². The largest absolute Gasteiger partial charge is 0.460 e. The highest BCUT2D eigenvalue weighted by molar-refractivity contribution is 7.11. The fourth-order valence-electron chi connectivity index (χ4n) is 1.20. The Labute approximate surface area is 101 Å². The number of rotatable bonds is 7. The summed E-state index contributed by atoms with van der Waals surface area (Å²) in [4.78, 5) is 12.1. The van der Waals surface area contributed by atoms with Crippen molar-refractivity contribution in [1.82, 2.24) is 5.32 Å². The number of hydrogen-bond acceptors (Lipinski definition) is 4. The van der Waals surface area contributed by atoms with Gasteiger partial charge in [0.2, 0.25) is 0 Å². The van der Waals surface area contributed by atoms with E-state index in [1.54, 1.807) is 6.07 Å². The first kappa shape index (κ1) is 13.2. The molecule has 1 heterocycles. The van der Waals surface area contributed by atoms with Gasteiger partial charge in [-0.05, 0) is 30.3 Å². The van der Waals surface area contributed by atoms with Gasteiger partial charge in [0.05, 0.1) is 0 Å². The second-order valence-corrected chi connectivity index (χ2v) is 4.99. The third-order valence-electron chi connectivity index (χ3n) is 2.13. The van der Waals surface area contributed by atoms with Gasteiger partial charge in [-0.1, -0.05) is 19.9 Å². The SMILES string of the molecule is CC(C)CCNCCOC(=O)c1cccs1. The minimum Gasteiger partial charge on any atom is -0.460 e. The van der Waals surface area contributed by atoms with Crippen molar-refractivity contribution in [3.8, 4) is 0 Å². The van der Waals surface area contributed by atoms with Gasteiger partial charge >= 0.3 is 5.97 Å². The molecule has 1 aromatic rings. The lowest BCUT2D eigenvalue weighted by Gasteiger charge is -2.07. The van der Waals surface area contributed by atoms with Gasteiger partial charge in [-0.2, -0.15) is 0 Å². The molecule has 1 N–H and O–H groups in total. The van der Waals surface area contributed by atoms with Crippen LogP contribution < -0.4 is 5.32 Å². The van der Waals surface area contributed by atoms with E-state index in [2.05, 4.69) is 19.2 Å². The first-order valence-corrected chi connectivity index (χ1v) is 6.49. The Bertz CT molecular complexity index is 296. The predicted octanol–water partition coefficient (Wildman–Crippen LogP) is 2.54. The first-order chi connectivity index (χ1) is 7.70. The smallest absolute Gasteiger partial charge is 0.348 e. The van der Waals surface area contributed by atoms with E-state index in [4.69, 9.17) is 4.74 Å². The van der Waals surface area contributed by atoms with Gasteiger partial charge in [0.15, 0.2) is 0 Å². The monoisotopic (exact) mass is 241 g/mol. The summed E-state index contributed by atoms with van der Waals surface area (Å²) >= 11 is 1.41. The number of ether oxygens (including phenoxy) is 1. The molecule has 0 saturated heterocycles. The van der Waals surface area contributed by atoms with Gasteiger partial charge in [-0.3, -0.25) is 0 Å². The van der Waals surface area contributed by atoms with Gasteiger partial charge in [-0.25, -0.2) is 4.79 Å². The van der Waals surface area contributed by atoms with E-state index in [-0.39, 0.29) is 5.97 Å². The summed E-state index contributed by atoms with van der Waals surface area (Å²) in [6, 6.07) is 3.63. The number of carbonyl (C=O) groups is 1. The van der Waals surface area contributed by atoms with E-state index in [1.807, 2.05) is 11.4 Å². The lowest BCUT2D eigenvalue weighted by molar-refractivity contribution is 0.0514. The molecule has 0 bridgehead atoms. The average Bonchev–Trinajstić information content (AvgIpc) is 2.75. The van der Waals surface area contributed by atoms with Gasteiger partial charge in [-0.15, -0.1) is 11.3 Å². The van der Waals surface area contributed by atoms with Gasteiger partial charge < -0.3 is 10.1 Å². The van der Waals surface area contributed by atoms with Crippen molar-refractivity contribution in [3.63, 3.8) is 0 Å². The van der Waals surface area contributed by atoms with Crippen molar-refractivity contribution >= 4 is 17.3 Å². The van der Waals surface area contributed by atoms with Crippen LogP contribution in [0.15, 0.2) is 17.5 Å². The topological polar surface area (TPSA) is 38.3 Å². The Morgan fingerprint density at radius 1 is 1.50 bits per heavy atom. The van der Waals surface area contributed by atoms with E-state index in [0.29, 0.717) is 17.4 Å². The highest BCUT2D eigenvalue weighted by Crippen LogP contribution is 2.09. The Kier molecular flexibility index (Phi) is 6.11. The van der Waals surface area contributed by atoms with Crippen LogP contribution in [0.3, 0.4) is 0 Å². The van der Waals surface area contributed by atoms with Crippen LogP contribution in [0.1, 0.15) is 29.9 Å². The Balaban J connectivity index is 2.01. The number of thiophene rings is 1. The van der Waals surface area contributed by atoms with Crippen molar-refractivity contribution in [2.24, 2.45) is 5.92 Å². The average molecular weight is 241 g/mol. The molecule has 1 aromatic heterocycles. The molecule has 4 heteroatoms. The zero-order valence-electron chi connectivity index (χ0n) is 9.86. The summed E-state index contributed by atoms with van der Waals surface area (Å²) in [5.74, 6) is 0.488. The number of hydrogen-bond donors (Lipinski definition) is 1. The summed E-state index contributed by atoms with van der Waals surface area (Å²) in [6.07, 6.45) is 1.15. The van der Waals surface area contributed by atoms with E-state index in [0.717, 1.165) is 19.5 Å². The van der Waals surface area contributed by atoms with Gasteiger partial charge in [0.25, 0.3) is 0 Å². The predicted molar refractivity (Wildman–Crippen MR) is 66.9 cm³/mol. The Morgan fingerprint density at radius 2 is 2.31 bits per heavy atom. The maximum absolute atomic E-state index is 11.4. The first-order valence-electron chi connectivity index (χ1n) is 5.61. The zero-order valence-corrected chi connectivity index (χ0v) is 10.7.